The molecule has 1 saturated carbocycles. The van der Waals surface area contributed by atoms with E-state index in [0.717, 1.165) is 41.8 Å². The van der Waals surface area contributed by atoms with Gasteiger partial charge in [0.1, 0.15) is 11.4 Å². The zero-order chi connectivity index (χ0) is 22.8. The van der Waals surface area contributed by atoms with Gasteiger partial charge in [-0.3, -0.25) is 4.79 Å². The minimum absolute atomic E-state index is 0.0380. The van der Waals surface area contributed by atoms with Gasteiger partial charge in [-0.25, -0.2) is 9.36 Å². The van der Waals surface area contributed by atoms with E-state index in [1.165, 1.54) is 11.1 Å². The van der Waals surface area contributed by atoms with Gasteiger partial charge in [-0.15, -0.1) is 10.2 Å². The summed E-state index contributed by atoms with van der Waals surface area (Å²) in [5.74, 6) is 0.0380. The molecule has 0 N–H and O–H groups in total. The molecule has 1 fully saturated rings. The predicted octanol–water partition coefficient (Wildman–Crippen LogP) is 4.68. The number of allylic oxidation sites excluding steroid dienone is 2. The maximum atomic E-state index is 13.1. The van der Waals surface area contributed by atoms with Crippen LogP contribution in [-0.2, 0) is 4.79 Å². The van der Waals surface area contributed by atoms with Crippen LogP contribution in [0.15, 0.2) is 72.1 Å². The Morgan fingerprint density at radius 2 is 1.12 bits per heavy atom. The lowest BCUT2D eigenvalue weighted by Crippen LogP contribution is -2.12. The zero-order valence-corrected chi connectivity index (χ0v) is 18.6. The second-order valence-corrected chi connectivity index (χ2v) is 8.37. The summed E-state index contributed by atoms with van der Waals surface area (Å²) in [7, 11) is 0. The number of carbonyl (C=O) groups is 1. The van der Waals surface area contributed by atoms with Gasteiger partial charge in [0.2, 0.25) is 0 Å². The lowest BCUT2D eigenvalue weighted by atomic mass is 9.88. The lowest BCUT2D eigenvalue weighted by Gasteiger charge is -2.15. The van der Waals surface area contributed by atoms with Crippen LogP contribution >= 0.6 is 0 Å². The zero-order valence-electron chi connectivity index (χ0n) is 18.6. The van der Waals surface area contributed by atoms with Gasteiger partial charge < -0.3 is 0 Å². The van der Waals surface area contributed by atoms with E-state index in [9.17, 15) is 4.79 Å². The second kappa shape index (κ2) is 8.78. The normalized spacial score (nSPS) is 16.6. The first-order chi connectivity index (χ1) is 16.0. The smallest absolute Gasteiger partial charge is 0.185 e. The summed E-state index contributed by atoms with van der Waals surface area (Å²) >= 11 is 0. The van der Waals surface area contributed by atoms with E-state index >= 15 is 0 Å². The fourth-order valence-corrected chi connectivity index (χ4v) is 3.87. The van der Waals surface area contributed by atoms with Crippen molar-refractivity contribution in [3.63, 3.8) is 0 Å². The van der Waals surface area contributed by atoms with Crippen molar-refractivity contribution in [3.05, 3.63) is 94.6 Å². The van der Waals surface area contributed by atoms with Crippen LogP contribution in [-0.4, -0.2) is 35.8 Å². The first kappa shape index (κ1) is 20.8. The predicted molar refractivity (Wildman–Crippen MR) is 127 cm³/mol. The summed E-state index contributed by atoms with van der Waals surface area (Å²) in [6.45, 7) is 4.09. The topological polar surface area (TPSA) is 78.5 Å². The number of aromatic nitrogens is 6. The first-order valence-electron chi connectivity index (χ1n) is 11.0. The first-order valence-corrected chi connectivity index (χ1v) is 11.0. The quantitative estimate of drug-likeness (QED) is 0.434. The average Bonchev–Trinajstić information content (AvgIpc) is 3.48. The van der Waals surface area contributed by atoms with E-state index in [0.29, 0.717) is 11.4 Å². The molecule has 2 heterocycles. The number of benzene rings is 2. The molecule has 0 aliphatic heterocycles. The Bertz CT molecular complexity index is 1250. The highest BCUT2D eigenvalue weighted by Crippen LogP contribution is 2.27. The van der Waals surface area contributed by atoms with Crippen molar-refractivity contribution in [2.75, 3.05) is 0 Å². The Labute approximate surface area is 192 Å². The molecule has 5 rings (SSSR count). The SMILES string of the molecule is Cc1ccc(-n2cc(/C=C3\CCC/C(=C\c4cn(-c5ccc(C)cc5)nn4)C3=O)nn2)cc1. The van der Waals surface area contributed by atoms with Crippen molar-refractivity contribution in [1.82, 2.24) is 30.0 Å². The van der Waals surface area contributed by atoms with E-state index < -0.39 is 0 Å². The Kier molecular flexibility index (Phi) is 5.52. The molecule has 4 aromatic rings. The minimum Gasteiger partial charge on any atom is -0.289 e. The highest BCUT2D eigenvalue weighted by atomic mass is 16.1. The van der Waals surface area contributed by atoms with Gasteiger partial charge in [0.25, 0.3) is 0 Å². The van der Waals surface area contributed by atoms with Crippen LogP contribution < -0.4 is 0 Å². The summed E-state index contributed by atoms with van der Waals surface area (Å²) in [5, 5.41) is 16.9. The van der Waals surface area contributed by atoms with Gasteiger partial charge in [0.15, 0.2) is 5.78 Å². The summed E-state index contributed by atoms with van der Waals surface area (Å²) in [6, 6.07) is 16.1. The fourth-order valence-electron chi connectivity index (χ4n) is 3.87. The molecule has 164 valence electrons. The van der Waals surface area contributed by atoms with Gasteiger partial charge in [-0.2, -0.15) is 0 Å². The molecular weight excluding hydrogens is 412 g/mol. The van der Waals surface area contributed by atoms with E-state index in [1.54, 1.807) is 9.36 Å². The molecule has 1 aliphatic carbocycles. The average molecular weight is 437 g/mol. The van der Waals surface area contributed by atoms with E-state index in [-0.39, 0.29) is 5.78 Å². The lowest BCUT2D eigenvalue weighted by molar-refractivity contribution is -0.112. The molecule has 0 bridgehead atoms. The molecule has 0 saturated heterocycles. The number of hydrogen-bond donors (Lipinski definition) is 0. The number of hydrogen-bond acceptors (Lipinski definition) is 5. The number of ketones is 1. The van der Waals surface area contributed by atoms with Crippen molar-refractivity contribution in [1.29, 1.82) is 0 Å². The van der Waals surface area contributed by atoms with Gasteiger partial charge in [0, 0.05) is 11.1 Å². The van der Waals surface area contributed by atoms with Crippen LogP contribution in [0.2, 0.25) is 0 Å². The molecule has 7 nitrogen and oxygen atoms in total. The summed E-state index contributed by atoms with van der Waals surface area (Å²) < 4.78 is 3.44. The number of rotatable bonds is 4. The molecule has 1 aliphatic rings. The standard InChI is InChI=1S/C26H24N6O/c1-18-6-10-24(11-7-18)31-16-22(27-29-31)14-20-4-3-5-21(26(20)33)15-23-17-32(30-28-23)25-12-8-19(2)9-13-25/h6-17H,3-5H2,1-2H3/b20-14+,21-15+. The monoisotopic (exact) mass is 436 g/mol. The molecule has 0 radical (unpaired) electrons. The second-order valence-electron chi connectivity index (χ2n) is 8.37. The highest BCUT2D eigenvalue weighted by Gasteiger charge is 2.21. The fraction of sp³-hybridized carbons (Fsp3) is 0.192. The molecule has 0 unspecified atom stereocenters. The molecule has 0 atom stereocenters. The molecular formula is C26H24N6O. The molecule has 33 heavy (non-hydrogen) atoms. The molecule has 2 aromatic heterocycles. The van der Waals surface area contributed by atoms with Crippen LogP contribution in [0.25, 0.3) is 23.5 Å². The number of nitrogens with zero attached hydrogens (tertiary/aromatic N) is 6. The van der Waals surface area contributed by atoms with Crippen molar-refractivity contribution in [2.24, 2.45) is 0 Å². The number of carbonyl (C=O) groups excluding carboxylic acids is 1. The summed E-state index contributed by atoms with van der Waals surface area (Å²) in [6.07, 6.45) is 9.73. The maximum absolute atomic E-state index is 13.1. The summed E-state index contributed by atoms with van der Waals surface area (Å²) in [4.78, 5) is 13.1. The van der Waals surface area contributed by atoms with Crippen LogP contribution in [0, 0.1) is 13.8 Å². The van der Waals surface area contributed by atoms with Gasteiger partial charge in [-0.1, -0.05) is 45.8 Å². The number of aryl methyl sites for hydroxylation is 2. The summed E-state index contributed by atoms with van der Waals surface area (Å²) in [5.41, 5.74) is 7.08. The van der Waals surface area contributed by atoms with Gasteiger partial charge >= 0.3 is 0 Å². The third kappa shape index (κ3) is 4.57. The van der Waals surface area contributed by atoms with Crippen molar-refractivity contribution < 1.29 is 4.79 Å². The van der Waals surface area contributed by atoms with Crippen molar-refractivity contribution in [3.8, 4) is 11.4 Å². The molecule has 0 amide bonds. The van der Waals surface area contributed by atoms with Crippen molar-refractivity contribution >= 4 is 17.9 Å². The highest BCUT2D eigenvalue weighted by molar-refractivity contribution is 6.13. The van der Waals surface area contributed by atoms with Crippen LogP contribution in [0.5, 0.6) is 0 Å². The van der Waals surface area contributed by atoms with Crippen molar-refractivity contribution in [2.45, 2.75) is 33.1 Å². The Morgan fingerprint density at radius 3 is 1.55 bits per heavy atom. The third-order valence-corrected chi connectivity index (χ3v) is 5.74. The van der Waals surface area contributed by atoms with Gasteiger partial charge in [0.05, 0.1) is 23.8 Å². The number of Topliss-reactive ketones (excluding diaryl/α,β-unsaturated/α-hetero) is 1. The minimum atomic E-state index is 0.0380. The Balaban J connectivity index is 1.35. The third-order valence-electron chi connectivity index (χ3n) is 5.74. The Morgan fingerprint density at radius 1 is 0.697 bits per heavy atom. The van der Waals surface area contributed by atoms with E-state index in [2.05, 4.69) is 20.6 Å². The largest absolute Gasteiger partial charge is 0.289 e. The maximum Gasteiger partial charge on any atom is 0.185 e. The van der Waals surface area contributed by atoms with Crippen LogP contribution in [0.1, 0.15) is 41.8 Å². The molecule has 0 spiro atoms. The molecule has 7 heteroatoms. The van der Waals surface area contributed by atoms with Crippen LogP contribution in [0.4, 0.5) is 0 Å². The Hall–Kier alpha value is -4.13. The molecule has 2 aromatic carbocycles. The van der Waals surface area contributed by atoms with Gasteiger partial charge in [-0.05, 0) is 69.5 Å². The van der Waals surface area contributed by atoms with Crippen LogP contribution in [0.3, 0.4) is 0 Å². The van der Waals surface area contributed by atoms with E-state index in [1.807, 2.05) is 86.9 Å². The van der Waals surface area contributed by atoms with E-state index in [4.69, 9.17) is 0 Å².